The van der Waals surface area contributed by atoms with E-state index >= 15 is 0 Å². The van der Waals surface area contributed by atoms with Crippen molar-refractivity contribution in [1.29, 1.82) is 0 Å². The van der Waals surface area contributed by atoms with E-state index < -0.39 is 11.7 Å². The second-order valence-electron chi connectivity index (χ2n) is 1.79. The van der Waals surface area contributed by atoms with Gasteiger partial charge in [0.2, 0.25) is 0 Å². The highest BCUT2D eigenvalue weighted by molar-refractivity contribution is 5.16. The van der Waals surface area contributed by atoms with Crippen LogP contribution < -0.4 is 0 Å². The third-order valence-corrected chi connectivity index (χ3v) is 1.05. The van der Waals surface area contributed by atoms with Crippen LogP contribution in [0.25, 0.3) is 0 Å². The molecule has 3 heteroatoms. The van der Waals surface area contributed by atoms with Crippen molar-refractivity contribution in [2.45, 2.75) is 6.18 Å². The molecule has 0 unspecified atom stereocenters. The van der Waals surface area contributed by atoms with Crippen molar-refractivity contribution in [2.75, 3.05) is 0 Å². The summed E-state index contributed by atoms with van der Waals surface area (Å²) in [7, 11) is 0. The largest absolute Gasteiger partial charge is 0.416 e. The highest BCUT2D eigenvalue weighted by Crippen LogP contribution is 2.28. The predicted octanol–water partition coefficient (Wildman–Crippen LogP) is 2.51. The molecule has 0 saturated heterocycles. The van der Waals surface area contributed by atoms with Crippen LogP contribution in [-0.2, 0) is 6.18 Å². The molecular weight excluding hydrogens is 141 g/mol. The zero-order valence-electron chi connectivity index (χ0n) is 4.94. The van der Waals surface area contributed by atoms with Crippen LogP contribution in [0.3, 0.4) is 0 Å². The number of alkyl halides is 3. The lowest BCUT2D eigenvalue weighted by Gasteiger charge is -2.03. The quantitative estimate of drug-likeness (QED) is 0.526. The SMILES string of the molecule is FC(F)(F)c1cc[c]cc1. The normalized spacial score (nSPS) is 11.5. The molecule has 0 atom stereocenters. The topological polar surface area (TPSA) is 0 Å². The second kappa shape index (κ2) is 2.33. The smallest absolute Gasteiger partial charge is 0.166 e. The summed E-state index contributed by atoms with van der Waals surface area (Å²) >= 11 is 0. The first-order valence-corrected chi connectivity index (χ1v) is 2.64. The van der Waals surface area contributed by atoms with Crippen LogP contribution in [0.4, 0.5) is 13.2 Å². The molecule has 0 aromatic heterocycles. The van der Waals surface area contributed by atoms with E-state index in [-0.39, 0.29) is 0 Å². The van der Waals surface area contributed by atoms with Gasteiger partial charge in [0, 0.05) is 0 Å². The van der Waals surface area contributed by atoms with Crippen LogP contribution in [-0.4, -0.2) is 0 Å². The van der Waals surface area contributed by atoms with Gasteiger partial charge in [-0.15, -0.1) is 0 Å². The summed E-state index contributed by atoms with van der Waals surface area (Å²) in [6, 6.07) is 6.95. The summed E-state index contributed by atoms with van der Waals surface area (Å²) in [5.41, 5.74) is -0.633. The average molecular weight is 145 g/mol. The Labute approximate surface area is 56.3 Å². The van der Waals surface area contributed by atoms with Gasteiger partial charge in [0.25, 0.3) is 0 Å². The fourth-order valence-corrected chi connectivity index (χ4v) is 0.576. The van der Waals surface area contributed by atoms with Gasteiger partial charge in [0.15, 0.2) is 0 Å². The minimum Gasteiger partial charge on any atom is -0.166 e. The Morgan fingerprint density at radius 3 is 1.90 bits per heavy atom. The third kappa shape index (κ3) is 1.50. The average Bonchev–Trinajstić information content (AvgIpc) is 1.88. The van der Waals surface area contributed by atoms with Gasteiger partial charge in [-0.25, -0.2) is 0 Å². The first-order chi connectivity index (χ1) is 4.61. The molecule has 0 amide bonds. The van der Waals surface area contributed by atoms with Crippen molar-refractivity contribution in [1.82, 2.24) is 0 Å². The van der Waals surface area contributed by atoms with Crippen LogP contribution in [0.1, 0.15) is 5.56 Å². The fraction of sp³-hybridized carbons (Fsp3) is 0.143. The summed E-state index contributed by atoms with van der Waals surface area (Å²) in [6.07, 6.45) is -4.23. The lowest BCUT2D eigenvalue weighted by Crippen LogP contribution is -2.03. The van der Waals surface area contributed by atoms with Crippen LogP contribution in [0.2, 0.25) is 0 Å². The predicted molar refractivity (Wildman–Crippen MR) is 30.3 cm³/mol. The number of rotatable bonds is 0. The highest BCUT2D eigenvalue weighted by atomic mass is 19.4. The van der Waals surface area contributed by atoms with E-state index in [1.807, 2.05) is 0 Å². The maximum Gasteiger partial charge on any atom is 0.416 e. The van der Waals surface area contributed by atoms with Gasteiger partial charge >= 0.3 is 6.18 Å². The van der Waals surface area contributed by atoms with E-state index in [9.17, 15) is 13.2 Å². The number of hydrogen-bond donors (Lipinski definition) is 0. The molecule has 0 bridgehead atoms. The number of hydrogen-bond acceptors (Lipinski definition) is 0. The maximum atomic E-state index is 11.8. The summed E-state index contributed by atoms with van der Waals surface area (Å²) in [5, 5.41) is 0. The molecule has 1 aromatic carbocycles. The van der Waals surface area contributed by atoms with Crippen molar-refractivity contribution in [3.05, 3.63) is 35.9 Å². The summed E-state index contributed by atoms with van der Waals surface area (Å²) in [6.45, 7) is 0. The first kappa shape index (κ1) is 7.12. The zero-order valence-corrected chi connectivity index (χ0v) is 4.94. The molecule has 0 N–H and O–H groups in total. The fourth-order valence-electron chi connectivity index (χ4n) is 0.576. The number of halogens is 3. The Hall–Kier alpha value is -0.990. The third-order valence-electron chi connectivity index (χ3n) is 1.05. The van der Waals surface area contributed by atoms with Gasteiger partial charge < -0.3 is 0 Å². The Morgan fingerprint density at radius 2 is 1.60 bits per heavy atom. The lowest BCUT2D eigenvalue weighted by molar-refractivity contribution is -0.137. The summed E-state index contributed by atoms with van der Waals surface area (Å²) in [4.78, 5) is 0. The molecule has 1 radical (unpaired) electrons. The summed E-state index contributed by atoms with van der Waals surface area (Å²) < 4.78 is 35.3. The standard InChI is InChI=1S/C7H4F3/c8-7(9,10)6-4-2-1-3-5-6/h2-5H. The molecule has 0 nitrogen and oxygen atoms in total. The van der Waals surface area contributed by atoms with Crippen molar-refractivity contribution >= 4 is 0 Å². The minimum absolute atomic E-state index is 0.633. The van der Waals surface area contributed by atoms with E-state index in [4.69, 9.17) is 0 Å². The molecular formula is C7H4F3. The van der Waals surface area contributed by atoms with Gasteiger partial charge in [0.05, 0.1) is 5.56 Å². The molecule has 0 fully saturated rings. The Morgan fingerprint density at radius 1 is 1.10 bits per heavy atom. The lowest BCUT2D eigenvalue weighted by atomic mass is 10.2. The van der Waals surface area contributed by atoms with E-state index in [1.165, 1.54) is 12.1 Å². The Balaban J connectivity index is 2.97. The monoisotopic (exact) mass is 145 g/mol. The second-order valence-corrected chi connectivity index (χ2v) is 1.79. The molecule has 53 valence electrons. The Kier molecular flexibility index (Phi) is 1.66. The van der Waals surface area contributed by atoms with Crippen LogP contribution in [0, 0.1) is 6.07 Å². The molecule has 10 heavy (non-hydrogen) atoms. The number of benzene rings is 1. The first-order valence-electron chi connectivity index (χ1n) is 2.64. The molecule has 0 aliphatic rings. The minimum atomic E-state index is -4.23. The van der Waals surface area contributed by atoms with Crippen molar-refractivity contribution < 1.29 is 13.2 Å². The molecule has 0 saturated carbocycles. The highest BCUT2D eigenvalue weighted by Gasteiger charge is 2.29. The van der Waals surface area contributed by atoms with E-state index in [1.54, 1.807) is 0 Å². The maximum absolute atomic E-state index is 11.8. The molecule has 0 heterocycles. The summed E-state index contributed by atoms with van der Waals surface area (Å²) in [5.74, 6) is 0. The molecule has 0 aliphatic carbocycles. The Bertz CT molecular complexity index is 200. The van der Waals surface area contributed by atoms with Gasteiger partial charge in [-0.1, -0.05) is 12.1 Å². The van der Waals surface area contributed by atoms with Crippen molar-refractivity contribution in [3.63, 3.8) is 0 Å². The molecule has 0 aliphatic heterocycles. The van der Waals surface area contributed by atoms with E-state index in [2.05, 4.69) is 6.07 Å². The zero-order chi connectivity index (χ0) is 7.61. The van der Waals surface area contributed by atoms with Crippen molar-refractivity contribution in [2.24, 2.45) is 0 Å². The van der Waals surface area contributed by atoms with Gasteiger partial charge in [-0.3, -0.25) is 0 Å². The van der Waals surface area contributed by atoms with Gasteiger partial charge in [-0.05, 0) is 18.2 Å². The molecule has 1 rings (SSSR count). The van der Waals surface area contributed by atoms with Crippen molar-refractivity contribution in [3.8, 4) is 0 Å². The van der Waals surface area contributed by atoms with Crippen LogP contribution >= 0.6 is 0 Å². The van der Waals surface area contributed by atoms with E-state index in [0.29, 0.717) is 0 Å². The molecule has 1 aromatic rings. The van der Waals surface area contributed by atoms with Gasteiger partial charge in [-0.2, -0.15) is 13.2 Å². The van der Waals surface area contributed by atoms with Gasteiger partial charge in [0.1, 0.15) is 0 Å². The van der Waals surface area contributed by atoms with Crippen LogP contribution in [0.15, 0.2) is 24.3 Å². The molecule has 0 spiro atoms. The van der Waals surface area contributed by atoms with E-state index in [0.717, 1.165) is 12.1 Å². The van der Waals surface area contributed by atoms with Crippen LogP contribution in [0.5, 0.6) is 0 Å².